The molecule has 0 saturated heterocycles. The van der Waals surface area contributed by atoms with Crippen molar-refractivity contribution in [2.24, 2.45) is 0 Å². The van der Waals surface area contributed by atoms with Gasteiger partial charge in [-0.2, -0.15) is 0 Å². The number of nitrogens with one attached hydrogen (secondary N) is 2. The van der Waals surface area contributed by atoms with Crippen molar-refractivity contribution in [1.29, 1.82) is 0 Å². The van der Waals surface area contributed by atoms with Crippen LogP contribution in [0.5, 0.6) is 11.5 Å². The zero-order chi connectivity index (χ0) is 22.4. The van der Waals surface area contributed by atoms with Crippen LogP contribution in [-0.2, 0) is 0 Å². The van der Waals surface area contributed by atoms with E-state index in [1.54, 1.807) is 24.3 Å². The molecule has 6 aromatic rings. The quantitative estimate of drug-likeness (QED) is 0.326. The van der Waals surface area contributed by atoms with Crippen LogP contribution in [0.3, 0.4) is 0 Å². The molecule has 0 aliphatic carbocycles. The molecule has 0 unspecified atom stereocenters. The summed E-state index contributed by atoms with van der Waals surface area (Å²) in [6.45, 7) is 0. The summed E-state index contributed by atoms with van der Waals surface area (Å²) < 4.78 is 0. The van der Waals surface area contributed by atoms with Crippen LogP contribution in [0.4, 0.5) is 0 Å². The third-order valence-electron chi connectivity index (χ3n) is 5.61. The summed E-state index contributed by atoms with van der Waals surface area (Å²) in [5.74, 6) is 0.257. The van der Waals surface area contributed by atoms with Crippen LogP contribution in [0, 0.1) is 6.42 Å². The molecule has 158 valence electrons. The van der Waals surface area contributed by atoms with Crippen molar-refractivity contribution in [2.75, 3.05) is 0 Å². The summed E-state index contributed by atoms with van der Waals surface area (Å²) in [4.78, 5) is 0. The number of hydrogen-bond donors (Lipinski definition) is 4. The smallest absolute Gasteiger partial charge is 0.123 e. The molecule has 4 N–H and O–H groups in total. The summed E-state index contributed by atoms with van der Waals surface area (Å²) in [5.41, 5.74) is 6.76. The predicted molar refractivity (Wildman–Crippen MR) is 123 cm³/mol. The molecule has 8 nitrogen and oxygen atoms in total. The van der Waals surface area contributed by atoms with E-state index >= 15 is 0 Å². The SMILES string of the molecule is Oc1ccccc1-c1c([C]c2ccc3[nH]nnc3c2-c2ccccc2O)ccc2[nH]nnc12. The fourth-order valence-electron chi connectivity index (χ4n) is 4.10. The molecule has 2 aromatic heterocycles. The molecule has 4 aromatic carbocycles. The van der Waals surface area contributed by atoms with Gasteiger partial charge in [0.15, 0.2) is 0 Å². The maximum atomic E-state index is 10.6. The first kappa shape index (κ1) is 19.0. The molecule has 0 amide bonds. The lowest BCUT2D eigenvalue weighted by Gasteiger charge is -2.15. The van der Waals surface area contributed by atoms with Gasteiger partial charge in [0.05, 0.1) is 17.5 Å². The topological polar surface area (TPSA) is 124 Å². The number of rotatable bonds is 4. The number of aromatic nitrogens is 6. The number of fused-ring (bicyclic) bond motifs is 2. The molecule has 2 heterocycles. The molecule has 0 saturated carbocycles. The van der Waals surface area contributed by atoms with E-state index in [0.29, 0.717) is 44.4 Å². The first-order valence-corrected chi connectivity index (χ1v) is 10.2. The highest BCUT2D eigenvalue weighted by Gasteiger charge is 2.21. The van der Waals surface area contributed by atoms with E-state index in [-0.39, 0.29) is 11.5 Å². The molecular formula is C25H16N6O2. The van der Waals surface area contributed by atoms with Crippen LogP contribution in [-0.4, -0.2) is 41.0 Å². The number of para-hydroxylation sites is 2. The Morgan fingerprint density at radius 2 is 1.03 bits per heavy atom. The number of hydrogen-bond acceptors (Lipinski definition) is 6. The van der Waals surface area contributed by atoms with E-state index in [1.807, 2.05) is 48.5 Å². The van der Waals surface area contributed by atoms with Crippen molar-refractivity contribution in [2.45, 2.75) is 0 Å². The zero-order valence-electron chi connectivity index (χ0n) is 17.1. The second kappa shape index (κ2) is 7.45. The van der Waals surface area contributed by atoms with Crippen molar-refractivity contribution >= 4 is 22.1 Å². The van der Waals surface area contributed by atoms with Crippen molar-refractivity contribution < 1.29 is 10.2 Å². The second-order valence-electron chi connectivity index (χ2n) is 7.55. The fraction of sp³-hybridized carbons (Fsp3) is 0. The Bertz CT molecular complexity index is 1510. The zero-order valence-corrected chi connectivity index (χ0v) is 17.1. The molecule has 0 spiro atoms. The monoisotopic (exact) mass is 432 g/mol. The number of phenolic OH excluding ortho intramolecular Hbond substituents is 2. The number of phenols is 2. The van der Waals surface area contributed by atoms with Gasteiger partial charge < -0.3 is 10.2 Å². The standard InChI is InChI=1S/C25H16N6O2/c32-20-7-3-1-5-16(20)22-14(9-11-18-24(22)28-30-26-18)13-15-10-12-19-25(29-31-27-19)23(15)17-6-2-4-8-21(17)33/h1-12,32-33H,(H,26,28,30)(H,27,29,31). The molecule has 0 aliphatic rings. The van der Waals surface area contributed by atoms with Gasteiger partial charge in [-0.15, -0.1) is 10.2 Å². The van der Waals surface area contributed by atoms with Crippen LogP contribution < -0.4 is 0 Å². The maximum Gasteiger partial charge on any atom is 0.123 e. The highest BCUT2D eigenvalue weighted by Crippen LogP contribution is 2.41. The lowest BCUT2D eigenvalue weighted by Crippen LogP contribution is -1.96. The minimum Gasteiger partial charge on any atom is -0.507 e. The Balaban J connectivity index is 1.60. The van der Waals surface area contributed by atoms with Crippen LogP contribution in [0.15, 0.2) is 72.8 Å². The van der Waals surface area contributed by atoms with E-state index in [0.717, 1.165) is 11.0 Å². The Labute approximate surface area is 187 Å². The Morgan fingerprint density at radius 1 is 0.576 bits per heavy atom. The first-order chi connectivity index (χ1) is 16.2. The first-order valence-electron chi connectivity index (χ1n) is 10.2. The largest absolute Gasteiger partial charge is 0.507 e. The third kappa shape index (κ3) is 3.08. The summed E-state index contributed by atoms with van der Waals surface area (Å²) in [5, 5.41) is 43.3. The molecule has 0 bridgehead atoms. The van der Waals surface area contributed by atoms with Gasteiger partial charge in [-0.25, -0.2) is 0 Å². The van der Waals surface area contributed by atoms with Gasteiger partial charge in [0.25, 0.3) is 0 Å². The van der Waals surface area contributed by atoms with Gasteiger partial charge in [0.2, 0.25) is 0 Å². The van der Waals surface area contributed by atoms with Crippen molar-refractivity contribution in [3.63, 3.8) is 0 Å². The number of aromatic hydroxyl groups is 2. The van der Waals surface area contributed by atoms with Gasteiger partial charge >= 0.3 is 0 Å². The van der Waals surface area contributed by atoms with E-state index in [1.165, 1.54) is 0 Å². The lowest BCUT2D eigenvalue weighted by atomic mass is 9.89. The summed E-state index contributed by atoms with van der Waals surface area (Å²) in [6, 6.07) is 21.7. The molecule has 0 aliphatic heterocycles. The molecule has 6 rings (SSSR count). The predicted octanol–water partition coefficient (Wildman–Crippen LogP) is 4.45. The number of aromatic amines is 2. The molecule has 0 fully saturated rings. The van der Waals surface area contributed by atoms with Gasteiger partial charge in [0, 0.05) is 22.3 Å². The minimum absolute atomic E-state index is 0.129. The number of benzene rings is 4. The minimum atomic E-state index is 0.129. The van der Waals surface area contributed by atoms with Crippen molar-refractivity contribution in [1.82, 2.24) is 30.8 Å². The van der Waals surface area contributed by atoms with Crippen molar-refractivity contribution in [3.8, 4) is 33.8 Å². The summed E-state index contributed by atoms with van der Waals surface area (Å²) in [6.07, 6.45) is 3.47. The maximum absolute atomic E-state index is 10.6. The van der Waals surface area contributed by atoms with E-state index in [9.17, 15) is 10.2 Å². The van der Waals surface area contributed by atoms with Gasteiger partial charge in [-0.05, 0) is 35.4 Å². The molecule has 0 atom stereocenters. The van der Waals surface area contributed by atoms with Crippen LogP contribution in [0.1, 0.15) is 11.1 Å². The fourth-order valence-corrected chi connectivity index (χ4v) is 4.10. The van der Waals surface area contributed by atoms with Gasteiger partial charge in [-0.1, -0.05) is 59.0 Å². The normalized spacial score (nSPS) is 11.4. The van der Waals surface area contributed by atoms with Crippen LogP contribution >= 0.6 is 0 Å². The van der Waals surface area contributed by atoms with Crippen LogP contribution in [0.2, 0.25) is 0 Å². The third-order valence-corrected chi connectivity index (χ3v) is 5.61. The molecule has 33 heavy (non-hydrogen) atoms. The molecule has 8 heteroatoms. The van der Waals surface area contributed by atoms with E-state index in [4.69, 9.17) is 0 Å². The average Bonchev–Trinajstić information content (AvgIpc) is 3.50. The second-order valence-corrected chi connectivity index (χ2v) is 7.55. The van der Waals surface area contributed by atoms with E-state index in [2.05, 4.69) is 37.2 Å². The summed E-state index contributed by atoms with van der Waals surface area (Å²) in [7, 11) is 0. The Morgan fingerprint density at radius 3 is 1.48 bits per heavy atom. The number of nitrogens with zero attached hydrogens (tertiary/aromatic N) is 4. The molecular weight excluding hydrogens is 416 g/mol. The van der Waals surface area contributed by atoms with Gasteiger partial charge in [0.1, 0.15) is 22.5 Å². The summed E-state index contributed by atoms with van der Waals surface area (Å²) >= 11 is 0. The Kier molecular flexibility index (Phi) is 4.29. The van der Waals surface area contributed by atoms with Crippen LogP contribution in [0.25, 0.3) is 44.3 Å². The lowest BCUT2D eigenvalue weighted by molar-refractivity contribution is 0.477. The number of H-pyrrole nitrogens is 2. The Hall–Kier alpha value is -4.72. The highest BCUT2D eigenvalue weighted by atomic mass is 16.3. The van der Waals surface area contributed by atoms with Crippen molar-refractivity contribution in [3.05, 3.63) is 90.3 Å². The highest BCUT2D eigenvalue weighted by molar-refractivity contribution is 5.98. The van der Waals surface area contributed by atoms with Gasteiger partial charge in [-0.3, -0.25) is 10.2 Å². The molecule has 2 radical (unpaired) electrons. The van der Waals surface area contributed by atoms with E-state index < -0.39 is 0 Å². The average molecular weight is 432 g/mol.